The number of nitrogens with zero attached hydrogens (tertiary/aromatic N) is 2. The van der Waals surface area contributed by atoms with Gasteiger partial charge in [0.1, 0.15) is 0 Å². The van der Waals surface area contributed by atoms with Crippen molar-refractivity contribution in [3.8, 4) is 11.8 Å². The summed E-state index contributed by atoms with van der Waals surface area (Å²) in [7, 11) is 0. The van der Waals surface area contributed by atoms with Gasteiger partial charge in [-0.3, -0.25) is 0 Å². The van der Waals surface area contributed by atoms with E-state index in [1.165, 1.54) is 3.58 Å². The summed E-state index contributed by atoms with van der Waals surface area (Å²) in [5.41, 5.74) is 0. The number of hydrogen-bond donors (Lipinski definition) is 0. The molecular formula is C13H16N2OSn. The van der Waals surface area contributed by atoms with Gasteiger partial charge in [0.15, 0.2) is 0 Å². The molecule has 0 amide bonds. The topological polar surface area (TPSA) is 35.0 Å². The van der Waals surface area contributed by atoms with E-state index < -0.39 is 18.4 Å². The van der Waals surface area contributed by atoms with Gasteiger partial charge in [-0.2, -0.15) is 0 Å². The Labute approximate surface area is 106 Å². The molecule has 1 aromatic carbocycles. The summed E-state index contributed by atoms with van der Waals surface area (Å²) in [5, 5.41) is 0. The third-order valence-electron chi connectivity index (χ3n) is 2.45. The molecule has 0 spiro atoms. The van der Waals surface area contributed by atoms with Crippen LogP contribution in [0.4, 0.5) is 0 Å². The molecule has 3 nitrogen and oxygen atoms in total. The van der Waals surface area contributed by atoms with Gasteiger partial charge >= 0.3 is 106 Å². The third kappa shape index (κ3) is 3.43. The monoisotopic (exact) mass is 336 g/mol. The normalized spacial score (nSPS) is 11.2. The Bertz CT molecular complexity index is 477. The molecule has 0 atom stereocenters. The maximum atomic E-state index is 5.55. The zero-order valence-electron chi connectivity index (χ0n) is 10.3. The van der Waals surface area contributed by atoms with Crippen molar-refractivity contribution in [3.63, 3.8) is 0 Å². The Kier molecular flexibility index (Phi) is 3.66. The second-order valence-corrected chi connectivity index (χ2v) is 19.4. The van der Waals surface area contributed by atoms with E-state index in [0.717, 1.165) is 5.75 Å². The summed E-state index contributed by atoms with van der Waals surface area (Å²) in [5.74, 6) is 0.763. The Hall–Kier alpha value is -1.10. The van der Waals surface area contributed by atoms with Crippen LogP contribution in [0.25, 0.3) is 0 Å². The molecule has 2 aromatic rings. The van der Waals surface area contributed by atoms with Gasteiger partial charge in [-0.1, -0.05) is 0 Å². The minimum absolute atomic E-state index is 0.412. The van der Waals surface area contributed by atoms with Crippen LogP contribution in [-0.2, 0) is 0 Å². The van der Waals surface area contributed by atoms with Gasteiger partial charge in [0, 0.05) is 0 Å². The molecule has 0 saturated heterocycles. The van der Waals surface area contributed by atoms with Crippen molar-refractivity contribution < 1.29 is 4.74 Å². The van der Waals surface area contributed by atoms with Gasteiger partial charge < -0.3 is 0 Å². The van der Waals surface area contributed by atoms with E-state index in [-0.39, 0.29) is 0 Å². The molecule has 0 N–H and O–H groups in total. The molecule has 4 heteroatoms. The first-order chi connectivity index (χ1) is 8.05. The fourth-order valence-corrected chi connectivity index (χ4v) is 3.93. The van der Waals surface area contributed by atoms with Gasteiger partial charge in [-0.25, -0.2) is 0 Å². The summed E-state index contributed by atoms with van der Waals surface area (Å²) in [6.45, 7) is 0. The standard InChI is InChI=1S/C10H7N2O.3CH3.Sn/c1-2-5-9(6-3-1)13-10-11-7-4-8-12-10;;;;/h1-3,5-8H;3*1H3;. The molecule has 0 saturated carbocycles. The van der Waals surface area contributed by atoms with E-state index in [4.69, 9.17) is 4.74 Å². The summed E-state index contributed by atoms with van der Waals surface area (Å²) in [6, 6.07) is 9.99. The van der Waals surface area contributed by atoms with Crippen molar-refractivity contribution in [2.24, 2.45) is 0 Å². The molecule has 1 heterocycles. The van der Waals surface area contributed by atoms with Crippen LogP contribution in [0.2, 0.25) is 14.8 Å². The van der Waals surface area contributed by atoms with E-state index in [1.807, 2.05) is 42.7 Å². The zero-order chi connectivity index (χ0) is 12.3. The van der Waals surface area contributed by atoms with Crippen molar-refractivity contribution >= 4 is 22.0 Å². The number of ether oxygens (including phenoxy) is 1. The van der Waals surface area contributed by atoms with Crippen LogP contribution in [0.5, 0.6) is 11.8 Å². The average Bonchev–Trinajstić information content (AvgIpc) is 2.30. The molecule has 17 heavy (non-hydrogen) atoms. The molecule has 2 rings (SSSR count). The van der Waals surface area contributed by atoms with Gasteiger partial charge in [0.05, 0.1) is 0 Å². The van der Waals surface area contributed by atoms with Gasteiger partial charge in [-0.15, -0.1) is 0 Å². The summed E-state index contributed by atoms with van der Waals surface area (Å²) in [6.07, 6.45) is 3.81. The SMILES string of the molecule is [CH3][Sn]([CH3])([CH3])[c]1cnc(Oc2ccccc2)nc1. The van der Waals surface area contributed by atoms with Crippen molar-refractivity contribution in [3.05, 3.63) is 42.7 Å². The van der Waals surface area contributed by atoms with Crippen molar-refractivity contribution in [1.82, 2.24) is 9.97 Å². The van der Waals surface area contributed by atoms with Crippen molar-refractivity contribution in [2.45, 2.75) is 14.8 Å². The predicted molar refractivity (Wildman–Crippen MR) is 71.5 cm³/mol. The number of hydrogen-bond acceptors (Lipinski definition) is 3. The van der Waals surface area contributed by atoms with E-state index in [1.54, 1.807) is 0 Å². The van der Waals surface area contributed by atoms with Crippen LogP contribution in [0.3, 0.4) is 0 Å². The molecule has 0 radical (unpaired) electrons. The molecule has 1 aromatic heterocycles. The van der Waals surface area contributed by atoms with Crippen LogP contribution in [0, 0.1) is 0 Å². The average molecular weight is 335 g/mol. The Balaban J connectivity index is 2.14. The molecule has 0 unspecified atom stereocenters. The van der Waals surface area contributed by atoms with Gasteiger partial charge in [0.2, 0.25) is 0 Å². The minimum atomic E-state index is -2.04. The molecule has 0 aliphatic heterocycles. The molecule has 0 aliphatic carbocycles. The molecule has 0 fully saturated rings. The quantitative estimate of drug-likeness (QED) is 0.810. The zero-order valence-corrected chi connectivity index (χ0v) is 13.2. The van der Waals surface area contributed by atoms with Crippen LogP contribution >= 0.6 is 0 Å². The van der Waals surface area contributed by atoms with Crippen LogP contribution in [0.15, 0.2) is 42.7 Å². The molecular weight excluding hydrogens is 319 g/mol. The fraction of sp³-hybridized carbons (Fsp3) is 0.231. The van der Waals surface area contributed by atoms with Crippen LogP contribution < -0.4 is 8.32 Å². The van der Waals surface area contributed by atoms with Crippen molar-refractivity contribution in [2.75, 3.05) is 0 Å². The van der Waals surface area contributed by atoms with E-state index in [9.17, 15) is 0 Å². The van der Waals surface area contributed by atoms with E-state index in [0.29, 0.717) is 6.01 Å². The van der Waals surface area contributed by atoms with Crippen LogP contribution in [0.1, 0.15) is 0 Å². The fourth-order valence-electron chi connectivity index (χ4n) is 1.35. The summed E-state index contributed by atoms with van der Waals surface area (Å²) in [4.78, 5) is 15.5. The predicted octanol–water partition coefficient (Wildman–Crippen LogP) is 2.81. The second-order valence-electron chi connectivity index (χ2n) is 4.92. The van der Waals surface area contributed by atoms with E-state index >= 15 is 0 Å². The maximum absolute atomic E-state index is 5.55. The molecule has 88 valence electrons. The Morgan fingerprint density at radius 1 is 0.941 bits per heavy atom. The van der Waals surface area contributed by atoms with Crippen molar-refractivity contribution in [1.29, 1.82) is 0 Å². The summed E-state index contributed by atoms with van der Waals surface area (Å²) >= 11 is -2.04. The first-order valence-electron chi connectivity index (χ1n) is 5.61. The first kappa shape index (κ1) is 12.4. The number of para-hydroxylation sites is 1. The Morgan fingerprint density at radius 3 is 2.06 bits per heavy atom. The summed E-state index contributed by atoms with van der Waals surface area (Å²) < 4.78 is 6.85. The first-order valence-corrected chi connectivity index (χ1v) is 15.6. The molecule has 0 aliphatic rings. The number of rotatable bonds is 3. The number of aromatic nitrogens is 2. The Morgan fingerprint density at radius 2 is 1.53 bits per heavy atom. The molecule has 0 bridgehead atoms. The number of benzene rings is 1. The third-order valence-corrected chi connectivity index (χ3v) is 8.13. The van der Waals surface area contributed by atoms with Gasteiger partial charge in [-0.05, 0) is 0 Å². The van der Waals surface area contributed by atoms with Gasteiger partial charge in [0.25, 0.3) is 0 Å². The van der Waals surface area contributed by atoms with Crippen LogP contribution in [-0.4, -0.2) is 28.3 Å². The second kappa shape index (κ2) is 5.04. The van der Waals surface area contributed by atoms with E-state index in [2.05, 4.69) is 24.8 Å².